The molecule has 0 aliphatic carbocycles. The van der Waals surface area contributed by atoms with Crippen LogP contribution < -0.4 is 5.73 Å². The van der Waals surface area contributed by atoms with Crippen molar-refractivity contribution in [3.8, 4) is 6.07 Å². The van der Waals surface area contributed by atoms with Crippen molar-refractivity contribution in [3.63, 3.8) is 0 Å². The summed E-state index contributed by atoms with van der Waals surface area (Å²) in [5, 5.41) is 14.3. The summed E-state index contributed by atoms with van der Waals surface area (Å²) < 4.78 is 1.70. The predicted molar refractivity (Wildman–Crippen MR) is 59.1 cm³/mol. The van der Waals surface area contributed by atoms with Crippen molar-refractivity contribution < 1.29 is 0 Å². The highest BCUT2D eigenvalue weighted by Gasteiger charge is 2.09. The lowest BCUT2D eigenvalue weighted by molar-refractivity contribution is 0.539. The molecule has 0 saturated heterocycles. The van der Waals surface area contributed by atoms with Gasteiger partial charge in [0.2, 0.25) is 0 Å². The van der Waals surface area contributed by atoms with Crippen LogP contribution in [0.25, 0.3) is 10.9 Å². The lowest BCUT2D eigenvalue weighted by Crippen LogP contribution is -2.05. The minimum atomic E-state index is -0.196. The molecule has 2 rings (SSSR count). The van der Waals surface area contributed by atoms with Crippen molar-refractivity contribution in [3.05, 3.63) is 24.4 Å². The van der Waals surface area contributed by atoms with Crippen molar-refractivity contribution in [1.82, 2.24) is 9.78 Å². The zero-order valence-corrected chi connectivity index (χ0v) is 8.51. The van der Waals surface area contributed by atoms with Crippen LogP contribution in [0.15, 0.2) is 24.4 Å². The zero-order chi connectivity index (χ0) is 10.8. The molecule has 76 valence electrons. The van der Waals surface area contributed by atoms with Gasteiger partial charge in [0.05, 0.1) is 11.6 Å². The van der Waals surface area contributed by atoms with Crippen LogP contribution in [-0.4, -0.2) is 9.78 Å². The Labute approximate surface area is 87.9 Å². The fraction of sp³-hybridized carbons (Fsp3) is 0.273. The minimum absolute atomic E-state index is 0.196. The van der Waals surface area contributed by atoms with Gasteiger partial charge in [-0.05, 0) is 24.6 Å². The number of nitrogens with two attached hydrogens (primary N) is 1. The number of anilines is 1. The fourth-order valence-electron chi connectivity index (χ4n) is 1.55. The molecule has 0 aliphatic heterocycles. The Morgan fingerprint density at radius 2 is 2.40 bits per heavy atom. The Bertz CT molecular complexity index is 521. The quantitative estimate of drug-likeness (QED) is 0.755. The molecule has 4 nitrogen and oxygen atoms in total. The van der Waals surface area contributed by atoms with Crippen LogP contribution >= 0.6 is 0 Å². The second-order valence-corrected chi connectivity index (χ2v) is 3.48. The maximum atomic E-state index is 8.92. The van der Waals surface area contributed by atoms with E-state index in [-0.39, 0.29) is 6.04 Å². The number of nitrogen functional groups attached to an aromatic ring is 1. The highest BCUT2D eigenvalue weighted by molar-refractivity contribution is 5.81. The number of rotatable bonds is 2. The van der Waals surface area contributed by atoms with E-state index in [9.17, 15) is 0 Å². The van der Waals surface area contributed by atoms with Crippen LogP contribution in [0.4, 0.5) is 5.69 Å². The van der Waals surface area contributed by atoms with Crippen LogP contribution in [0.1, 0.15) is 19.4 Å². The summed E-state index contributed by atoms with van der Waals surface area (Å²) in [5.74, 6) is 0. The molecule has 0 amide bonds. The first-order valence-corrected chi connectivity index (χ1v) is 4.88. The third-order valence-electron chi connectivity index (χ3n) is 2.40. The number of nitriles is 1. The van der Waals surface area contributed by atoms with E-state index in [1.165, 1.54) is 0 Å². The number of aromatic nitrogens is 2. The molecule has 0 spiro atoms. The summed E-state index contributed by atoms with van der Waals surface area (Å²) >= 11 is 0. The summed E-state index contributed by atoms with van der Waals surface area (Å²) in [4.78, 5) is 0. The number of hydrogen-bond donors (Lipinski definition) is 1. The Hall–Kier alpha value is -2.02. The number of hydrogen-bond acceptors (Lipinski definition) is 3. The lowest BCUT2D eigenvalue weighted by Gasteiger charge is -2.04. The van der Waals surface area contributed by atoms with Gasteiger partial charge in [-0.3, -0.25) is 4.68 Å². The molecule has 0 saturated carbocycles. The normalized spacial score (nSPS) is 12.5. The Balaban J connectivity index is 2.52. The van der Waals surface area contributed by atoms with E-state index >= 15 is 0 Å². The number of nitrogens with zero attached hydrogens (tertiary/aromatic N) is 3. The van der Waals surface area contributed by atoms with E-state index in [4.69, 9.17) is 11.0 Å². The summed E-state index contributed by atoms with van der Waals surface area (Å²) in [7, 11) is 0. The molecule has 0 radical (unpaired) electrons. The van der Waals surface area contributed by atoms with Crippen molar-refractivity contribution in [2.75, 3.05) is 5.73 Å². The van der Waals surface area contributed by atoms with E-state index in [2.05, 4.69) is 11.2 Å². The van der Waals surface area contributed by atoms with Crippen LogP contribution in [0.3, 0.4) is 0 Å². The summed E-state index contributed by atoms with van der Waals surface area (Å²) in [6.07, 6.45) is 2.63. The Morgan fingerprint density at radius 1 is 1.60 bits per heavy atom. The molecule has 1 atom stereocenters. The van der Waals surface area contributed by atoms with E-state index in [0.717, 1.165) is 17.3 Å². The molecule has 0 bridgehead atoms. The molecule has 4 heteroatoms. The fourth-order valence-corrected chi connectivity index (χ4v) is 1.55. The predicted octanol–water partition coefficient (Wildman–Crippen LogP) is 2.09. The van der Waals surface area contributed by atoms with Crippen LogP contribution in [-0.2, 0) is 0 Å². The molecule has 2 N–H and O–H groups in total. The molecular formula is C11H12N4. The smallest absolute Gasteiger partial charge is 0.138 e. The van der Waals surface area contributed by atoms with Gasteiger partial charge in [0.25, 0.3) is 0 Å². The third-order valence-corrected chi connectivity index (χ3v) is 2.40. The van der Waals surface area contributed by atoms with Crippen LogP contribution in [0.5, 0.6) is 0 Å². The van der Waals surface area contributed by atoms with Crippen LogP contribution in [0, 0.1) is 11.3 Å². The monoisotopic (exact) mass is 200 g/mol. The van der Waals surface area contributed by atoms with Gasteiger partial charge < -0.3 is 5.73 Å². The highest BCUT2D eigenvalue weighted by atomic mass is 15.3. The van der Waals surface area contributed by atoms with E-state index in [1.54, 1.807) is 4.68 Å². The van der Waals surface area contributed by atoms with Gasteiger partial charge in [-0.25, -0.2) is 0 Å². The molecule has 0 aliphatic rings. The van der Waals surface area contributed by atoms with Gasteiger partial charge in [-0.2, -0.15) is 10.4 Å². The van der Waals surface area contributed by atoms with E-state index in [0.29, 0.717) is 5.69 Å². The van der Waals surface area contributed by atoms with Crippen molar-refractivity contribution in [2.24, 2.45) is 0 Å². The number of fused-ring (bicyclic) bond motifs is 1. The van der Waals surface area contributed by atoms with Crippen molar-refractivity contribution in [2.45, 2.75) is 19.4 Å². The van der Waals surface area contributed by atoms with Gasteiger partial charge in [0, 0.05) is 17.3 Å². The average Bonchev–Trinajstić information content (AvgIpc) is 2.62. The second-order valence-electron chi connectivity index (χ2n) is 3.48. The Kier molecular flexibility index (Phi) is 2.30. The minimum Gasteiger partial charge on any atom is -0.399 e. The second kappa shape index (κ2) is 3.62. The first-order valence-electron chi connectivity index (χ1n) is 4.88. The summed E-state index contributed by atoms with van der Waals surface area (Å²) in [5.41, 5.74) is 7.19. The Morgan fingerprint density at radius 3 is 3.07 bits per heavy atom. The van der Waals surface area contributed by atoms with Crippen molar-refractivity contribution in [1.29, 1.82) is 5.26 Å². The molecular weight excluding hydrogens is 188 g/mol. The van der Waals surface area contributed by atoms with E-state index in [1.807, 2.05) is 31.3 Å². The van der Waals surface area contributed by atoms with Gasteiger partial charge >= 0.3 is 0 Å². The zero-order valence-electron chi connectivity index (χ0n) is 8.51. The first-order chi connectivity index (χ1) is 7.24. The topological polar surface area (TPSA) is 67.6 Å². The summed E-state index contributed by atoms with van der Waals surface area (Å²) in [6, 6.07) is 7.58. The molecule has 0 fully saturated rings. The molecule has 2 aromatic rings. The molecule has 1 aromatic heterocycles. The maximum absolute atomic E-state index is 8.92. The lowest BCUT2D eigenvalue weighted by atomic mass is 10.2. The van der Waals surface area contributed by atoms with Gasteiger partial charge in [0.15, 0.2) is 0 Å². The largest absolute Gasteiger partial charge is 0.399 e. The SMILES string of the molecule is CCC(C#N)n1cc2ccc(N)cc2n1. The maximum Gasteiger partial charge on any atom is 0.138 e. The average molecular weight is 200 g/mol. The van der Waals surface area contributed by atoms with Crippen molar-refractivity contribution >= 4 is 16.6 Å². The van der Waals surface area contributed by atoms with Gasteiger partial charge in [0.1, 0.15) is 6.04 Å². The van der Waals surface area contributed by atoms with E-state index < -0.39 is 0 Å². The summed E-state index contributed by atoms with van der Waals surface area (Å²) in [6.45, 7) is 1.97. The molecule has 1 heterocycles. The molecule has 15 heavy (non-hydrogen) atoms. The van der Waals surface area contributed by atoms with Gasteiger partial charge in [-0.1, -0.05) is 6.92 Å². The number of benzene rings is 1. The standard InChI is InChI=1S/C11H12N4/c1-2-10(6-12)15-7-8-3-4-9(13)5-11(8)14-15/h3-5,7,10H,2,13H2,1H3. The third kappa shape index (κ3) is 1.64. The molecule has 1 aromatic carbocycles. The van der Waals surface area contributed by atoms with Gasteiger partial charge in [-0.15, -0.1) is 0 Å². The van der Waals surface area contributed by atoms with Crippen LogP contribution in [0.2, 0.25) is 0 Å². The first kappa shape index (κ1) is 9.53. The highest BCUT2D eigenvalue weighted by Crippen LogP contribution is 2.18. The molecule has 1 unspecified atom stereocenters.